The van der Waals surface area contributed by atoms with Gasteiger partial charge in [-0.05, 0) is 31.6 Å². The second kappa shape index (κ2) is 7.65. The largest absolute Gasteiger partial charge is 0.393 e. The second-order valence-corrected chi connectivity index (χ2v) is 7.76. The van der Waals surface area contributed by atoms with Gasteiger partial charge in [0.1, 0.15) is 0 Å². The third kappa shape index (κ3) is 4.00. The summed E-state index contributed by atoms with van der Waals surface area (Å²) < 4.78 is 1.73. The number of urea groups is 1. The molecule has 0 radical (unpaired) electrons. The number of likely N-dealkylation sites (tertiary alicyclic amines) is 1. The molecule has 8 nitrogen and oxygen atoms in total. The van der Waals surface area contributed by atoms with Crippen molar-refractivity contribution in [1.82, 2.24) is 24.9 Å². The number of rotatable bonds is 4. The number of carbonyl (C=O) groups is 2. The average molecular weight is 363 g/mol. The smallest absolute Gasteiger partial charge is 0.319 e. The van der Waals surface area contributed by atoms with E-state index < -0.39 is 0 Å². The van der Waals surface area contributed by atoms with E-state index in [9.17, 15) is 14.7 Å². The zero-order valence-corrected chi connectivity index (χ0v) is 15.8. The number of piperidine rings is 1. The first-order valence-corrected chi connectivity index (χ1v) is 9.28. The summed E-state index contributed by atoms with van der Waals surface area (Å²) in [6.07, 6.45) is 6.21. The van der Waals surface area contributed by atoms with E-state index in [0.29, 0.717) is 38.8 Å². The van der Waals surface area contributed by atoms with Crippen molar-refractivity contribution in [2.45, 2.75) is 37.8 Å². The van der Waals surface area contributed by atoms with Crippen LogP contribution in [0.3, 0.4) is 0 Å². The molecule has 1 aromatic rings. The van der Waals surface area contributed by atoms with Gasteiger partial charge in [0.05, 0.1) is 18.3 Å². The van der Waals surface area contributed by atoms with Crippen LogP contribution in [0.5, 0.6) is 0 Å². The van der Waals surface area contributed by atoms with Crippen LogP contribution in [0.2, 0.25) is 0 Å². The predicted octanol–water partition coefficient (Wildman–Crippen LogP) is 0.742. The first-order chi connectivity index (χ1) is 12.3. The lowest BCUT2D eigenvalue weighted by molar-refractivity contribution is -0.128. The monoisotopic (exact) mass is 363 g/mol. The molecule has 3 rings (SSSR count). The number of aliphatic hydroxyl groups is 1. The molecular weight excluding hydrogens is 334 g/mol. The Kier molecular flexibility index (Phi) is 5.50. The predicted molar refractivity (Wildman–Crippen MR) is 96.2 cm³/mol. The maximum absolute atomic E-state index is 12.8. The minimum atomic E-state index is -0.267. The molecule has 0 aromatic carbocycles. The van der Waals surface area contributed by atoms with Gasteiger partial charge in [0.2, 0.25) is 5.91 Å². The number of nitrogens with zero attached hydrogens (tertiary/aromatic N) is 4. The van der Waals surface area contributed by atoms with Crippen molar-refractivity contribution in [3.63, 3.8) is 0 Å². The van der Waals surface area contributed by atoms with Gasteiger partial charge in [-0.25, -0.2) is 4.79 Å². The van der Waals surface area contributed by atoms with Crippen molar-refractivity contribution in [2.75, 3.05) is 27.2 Å². The summed E-state index contributed by atoms with van der Waals surface area (Å²) in [7, 11) is 5.34. The van der Waals surface area contributed by atoms with E-state index in [1.54, 1.807) is 34.8 Å². The Morgan fingerprint density at radius 1 is 1.31 bits per heavy atom. The van der Waals surface area contributed by atoms with Gasteiger partial charge in [-0.3, -0.25) is 9.48 Å². The maximum atomic E-state index is 12.8. The number of amides is 3. The van der Waals surface area contributed by atoms with E-state index in [1.165, 1.54) is 0 Å². The third-order valence-electron chi connectivity index (χ3n) is 5.52. The SMILES string of the molecule is CN(C)C(=O)N1CCC(C(=O)N[C@H](c2cnn(C)c2)C2CC(O)C2)CC1. The van der Waals surface area contributed by atoms with Crippen molar-refractivity contribution < 1.29 is 14.7 Å². The van der Waals surface area contributed by atoms with E-state index in [4.69, 9.17) is 0 Å². The number of aryl methyl sites for hydroxylation is 1. The van der Waals surface area contributed by atoms with Crippen molar-refractivity contribution >= 4 is 11.9 Å². The molecule has 3 amide bonds. The van der Waals surface area contributed by atoms with Gasteiger partial charge in [-0.1, -0.05) is 0 Å². The highest BCUT2D eigenvalue weighted by Gasteiger charge is 2.37. The van der Waals surface area contributed by atoms with Crippen LogP contribution >= 0.6 is 0 Å². The van der Waals surface area contributed by atoms with Gasteiger partial charge in [-0.15, -0.1) is 0 Å². The number of hydrogen-bond donors (Lipinski definition) is 2. The second-order valence-electron chi connectivity index (χ2n) is 7.76. The maximum Gasteiger partial charge on any atom is 0.319 e. The molecule has 1 saturated heterocycles. The molecule has 1 aliphatic carbocycles. The van der Waals surface area contributed by atoms with Crippen LogP contribution in [0.4, 0.5) is 4.79 Å². The molecule has 144 valence electrons. The Balaban J connectivity index is 1.59. The zero-order chi connectivity index (χ0) is 18.8. The standard InChI is InChI=1S/C18H29N5O3/c1-21(2)18(26)23-6-4-12(5-7-23)17(25)20-16(13-8-15(24)9-13)14-10-19-22(3)11-14/h10-13,15-16,24H,4-9H2,1-3H3,(H,20,25)/t13?,15?,16-/m0/s1. The van der Waals surface area contributed by atoms with Crippen LogP contribution < -0.4 is 5.32 Å². The molecule has 8 heteroatoms. The van der Waals surface area contributed by atoms with Crippen molar-refractivity contribution in [2.24, 2.45) is 18.9 Å². The topological polar surface area (TPSA) is 90.7 Å². The van der Waals surface area contributed by atoms with E-state index in [2.05, 4.69) is 10.4 Å². The quantitative estimate of drug-likeness (QED) is 0.826. The fraction of sp³-hybridized carbons (Fsp3) is 0.722. The molecule has 1 atom stereocenters. The minimum Gasteiger partial charge on any atom is -0.393 e. The van der Waals surface area contributed by atoms with Gasteiger partial charge >= 0.3 is 6.03 Å². The van der Waals surface area contributed by atoms with Crippen LogP contribution in [-0.2, 0) is 11.8 Å². The molecule has 1 saturated carbocycles. The fourth-order valence-corrected chi connectivity index (χ4v) is 3.86. The number of aromatic nitrogens is 2. The van der Waals surface area contributed by atoms with Crippen molar-refractivity contribution in [3.8, 4) is 0 Å². The van der Waals surface area contributed by atoms with Gasteiger partial charge in [0, 0.05) is 51.9 Å². The van der Waals surface area contributed by atoms with E-state index in [1.807, 2.05) is 13.2 Å². The molecule has 2 heterocycles. The van der Waals surface area contributed by atoms with Gasteiger partial charge < -0.3 is 20.2 Å². The first kappa shape index (κ1) is 18.7. The molecule has 1 aliphatic heterocycles. The van der Waals surface area contributed by atoms with Crippen LogP contribution in [0.1, 0.15) is 37.3 Å². The van der Waals surface area contributed by atoms with Gasteiger partial charge in [-0.2, -0.15) is 5.10 Å². The molecule has 2 aliphatic rings. The van der Waals surface area contributed by atoms with Crippen molar-refractivity contribution in [1.29, 1.82) is 0 Å². The lowest BCUT2D eigenvalue weighted by atomic mass is 9.75. The summed E-state index contributed by atoms with van der Waals surface area (Å²) in [5.74, 6) is 0.205. The Hall–Kier alpha value is -2.09. The summed E-state index contributed by atoms with van der Waals surface area (Å²) >= 11 is 0. The molecular formula is C18H29N5O3. The summed E-state index contributed by atoms with van der Waals surface area (Å²) in [5.41, 5.74) is 0.984. The molecule has 0 spiro atoms. The molecule has 2 N–H and O–H groups in total. The van der Waals surface area contributed by atoms with Gasteiger partial charge in [0.15, 0.2) is 0 Å². The van der Waals surface area contributed by atoms with E-state index >= 15 is 0 Å². The summed E-state index contributed by atoms with van der Waals surface area (Å²) in [5, 5.41) is 17.1. The lowest BCUT2D eigenvalue weighted by Gasteiger charge is -2.39. The normalized spacial score (nSPS) is 24.7. The average Bonchev–Trinajstić information content (AvgIpc) is 3.02. The summed E-state index contributed by atoms with van der Waals surface area (Å²) in [4.78, 5) is 28.2. The number of hydrogen-bond acceptors (Lipinski definition) is 4. The molecule has 2 fully saturated rings. The third-order valence-corrected chi connectivity index (χ3v) is 5.52. The molecule has 1 aromatic heterocycles. The Bertz CT molecular complexity index is 645. The molecule has 26 heavy (non-hydrogen) atoms. The highest BCUT2D eigenvalue weighted by Crippen LogP contribution is 2.38. The zero-order valence-electron chi connectivity index (χ0n) is 15.8. The number of aliphatic hydroxyl groups excluding tert-OH is 1. The lowest BCUT2D eigenvalue weighted by Crippen LogP contribution is -2.48. The number of nitrogens with one attached hydrogen (secondary N) is 1. The highest BCUT2D eigenvalue weighted by molar-refractivity contribution is 5.80. The number of carbonyl (C=O) groups excluding carboxylic acids is 2. The minimum absolute atomic E-state index is 0.000509. The van der Waals surface area contributed by atoms with Crippen LogP contribution in [0, 0.1) is 11.8 Å². The Morgan fingerprint density at radius 3 is 2.46 bits per heavy atom. The van der Waals surface area contributed by atoms with Gasteiger partial charge in [0.25, 0.3) is 0 Å². The van der Waals surface area contributed by atoms with Crippen molar-refractivity contribution in [3.05, 3.63) is 18.0 Å². The van der Waals surface area contributed by atoms with Crippen LogP contribution in [-0.4, -0.2) is 69.9 Å². The summed E-state index contributed by atoms with van der Waals surface area (Å²) in [6, 6.07) is -0.110. The first-order valence-electron chi connectivity index (χ1n) is 9.28. The molecule has 0 bridgehead atoms. The van der Waals surface area contributed by atoms with Crippen LogP contribution in [0.25, 0.3) is 0 Å². The molecule has 0 unspecified atom stereocenters. The van der Waals surface area contributed by atoms with E-state index in [0.717, 1.165) is 5.56 Å². The van der Waals surface area contributed by atoms with E-state index in [-0.39, 0.29) is 35.9 Å². The fourth-order valence-electron chi connectivity index (χ4n) is 3.86. The Morgan fingerprint density at radius 2 is 1.96 bits per heavy atom. The summed E-state index contributed by atoms with van der Waals surface area (Å²) in [6.45, 7) is 1.21. The highest BCUT2D eigenvalue weighted by atomic mass is 16.3. The van der Waals surface area contributed by atoms with Crippen LogP contribution in [0.15, 0.2) is 12.4 Å². The Labute approximate surface area is 154 Å².